The SMILES string of the molecule is CC(Cc1cccc(C(C)(C)N)c1)Nc1nccc(N2CCOc3cnc(-c4ccccc4)nc32)n1. The Balaban J connectivity index is 1.35. The number of rotatable bonds is 7. The number of aromatic nitrogens is 4. The maximum Gasteiger partial charge on any atom is 0.224 e. The number of ether oxygens (including phenoxy) is 1. The first-order chi connectivity index (χ1) is 17.4. The van der Waals surface area contributed by atoms with Crippen LogP contribution in [0.3, 0.4) is 0 Å². The zero-order valence-electron chi connectivity index (χ0n) is 20.8. The van der Waals surface area contributed by atoms with Gasteiger partial charge in [-0.2, -0.15) is 4.98 Å². The van der Waals surface area contributed by atoms with Crippen molar-refractivity contribution in [1.29, 1.82) is 0 Å². The number of fused-ring (bicyclic) bond motifs is 1. The molecular formula is C28H31N7O. The van der Waals surface area contributed by atoms with Crippen LogP contribution in [-0.2, 0) is 12.0 Å². The van der Waals surface area contributed by atoms with Crippen molar-refractivity contribution in [3.63, 3.8) is 0 Å². The number of nitrogens with one attached hydrogen (secondary N) is 1. The molecule has 184 valence electrons. The molecule has 8 nitrogen and oxygen atoms in total. The van der Waals surface area contributed by atoms with Crippen LogP contribution >= 0.6 is 0 Å². The first-order valence-corrected chi connectivity index (χ1v) is 12.2. The maximum absolute atomic E-state index is 6.29. The van der Waals surface area contributed by atoms with Gasteiger partial charge in [0.2, 0.25) is 5.95 Å². The zero-order valence-corrected chi connectivity index (χ0v) is 20.8. The summed E-state index contributed by atoms with van der Waals surface area (Å²) in [5.41, 5.74) is 9.20. The predicted octanol–water partition coefficient (Wildman–Crippen LogP) is 4.70. The van der Waals surface area contributed by atoms with Crippen molar-refractivity contribution in [2.75, 3.05) is 23.4 Å². The molecule has 0 saturated heterocycles. The molecule has 4 aromatic rings. The monoisotopic (exact) mass is 481 g/mol. The largest absolute Gasteiger partial charge is 0.486 e. The van der Waals surface area contributed by atoms with Crippen LogP contribution in [0.1, 0.15) is 31.9 Å². The Hall–Kier alpha value is -4.04. The highest BCUT2D eigenvalue weighted by Gasteiger charge is 2.24. The second-order valence-corrected chi connectivity index (χ2v) is 9.66. The van der Waals surface area contributed by atoms with Gasteiger partial charge in [-0.05, 0) is 44.4 Å². The molecule has 0 radical (unpaired) electrons. The normalized spacial score (nSPS) is 14.1. The van der Waals surface area contributed by atoms with E-state index in [9.17, 15) is 0 Å². The molecule has 3 N–H and O–H groups in total. The van der Waals surface area contributed by atoms with Crippen LogP contribution in [0.5, 0.6) is 5.75 Å². The van der Waals surface area contributed by atoms with Gasteiger partial charge >= 0.3 is 0 Å². The average molecular weight is 482 g/mol. The van der Waals surface area contributed by atoms with Crippen LogP contribution < -0.4 is 20.7 Å². The molecular weight excluding hydrogens is 450 g/mol. The zero-order chi connectivity index (χ0) is 25.1. The second kappa shape index (κ2) is 9.91. The van der Waals surface area contributed by atoms with Crippen LogP contribution in [-0.4, -0.2) is 39.1 Å². The quantitative estimate of drug-likeness (QED) is 0.392. The smallest absolute Gasteiger partial charge is 0.224 e. The Labute approximate surface area is 211 Å². The van der Waals surface area contributed by atoms with Crippen LogP contribution in [0.4, 0.5) is 17.6 Å². The highest BCUT2D eigenvalue weighted by Crippen LogP contribution is 2.35. The Bertz CT molecular complexity index is 1340. The fourth-order valence-electron chi connectivity index (χ4n) is 4.25. The molecule has 1 atom stereocenters. The predicted molar refractivity (Wildman–Crippen MR) is 142 cm³/mol. The fourth-order valence-corrected chi connectivity index (χ4v) is 4.25. The first-order valence-electron chi connectivity index (χ1n) is 12.2. The molecule has 8 heteroatoms. The standard InChI is InChI=1S/C28H31N7O/c1-19(16-20-8-7-11-22(17-20)28(2,3)29)32-27-30-13-12-24(33-27)35-14-15-36-23-18-31-25(34-26(23)35)21-9-5-4-6-10-21/h4-13,17-19H,14-16,29H2,1-3H3,(H,30,32,33). The van der Waals surface area contributed by atoms with Crippen molar-refractivity contribution in [3.05, 3.63) is 84.2 Å². The minimum atomic E-state index is -0.373. The molecule has 3 heterocycles. The summed E-state index contributed by atoms with van der Waals surface area (Å²) in [6.07, 6.45) is 4.32. The highest BCUT2D eigenvalue weighted by molar-refractivity contribution is 5.67. The van der Waals surface area contributed by atoms with Crippen LogP contribution in [0.15, 0.2) is 73.1 Å². The lowest BCUT2D eigenvalue weighted by molar-refractivity contribution is 0.310. The van der Waals surface area contributed by atoms with Crippen molar-refractivity contribution >= 4 is 17.6 Å². The minimum absolute atomic E-state index is 0.125. The van der Waals surface area contributed by atoms with Gasteiger partial charge in [-0.1, -0.05) is 54.6 Å². The third kappa shape index (κ3) is 5.28. The van der Waals surface area contributed by atoms with Gasteiger partial charge in [-0.25, -0.2) is 15.0 Å². The van der Waals surface area contributed by atoms with Crippen molar-refractivity contribution in [1.82, 2.24) is 19.9 Å². The van der Waals surface area contributed by atoms with E-state index in [0.29, 0.717) is 36.5 Å². The molecule has 36 heavy (non-hydrogen) atoms. The average Bonchev–Trinajstić information content (AvgIpc) is 2.88. The van der Waals surface area contributed by atoms with E-state index in [1.165, 1.54) is 5.56 Å². The summed E-state index contributed by atoms with van der Waals surface area (Å²) in [4.78, 5) is 20.6. The van der Waals surface area contributed by atoms with Crippen LogP contribution in [0.25, 0.3) is 11.4 Å². The fraction of sp³-hybridized carbons (Fsp3) is 0.286. The van der Waals surface area contributed by atoms with Crippen molar-refractivity contribution in [3.8, 4) is 17.1 Å². The third-order valence-electron chi connectivity index (χ3n) is 6.10. The van der Waals surface area contributed by atoms with Crippen molar-refractivity contribution in [2.45, 2.75) is 38.8 Å². The summed E-state index contributed by atoms with van der Waals surface area (Å²) < 4.78 is 5.83. The van der Waals surface area contributed by atoms with E-state index in [1.807, 2.05) is 50.2 Å². The van der Waals surface area contributed by atoms with Gasteiger partial charge in [0.25, 0.3) is 0 Å². The number of hydrogen-bond donors (Lipinski definition) is 2. The van der Waals surface area contributed by atoms with E-state index >= 15 is 0 Å². The van der Waals surface area contributed by atoms with Gasteiger partial charge in [0.15, 0.2) is 17.4 Å². The molecule has 1 aliphatic rings. The van der Waals surface area contributed by atoms with Gasteiger partial charge < -0.3 is 20.7 Å². The lowest BCUT2D eigenvalue weighted by Crippen LogP contribution is -2.31. The number of nitrogens with zero attached hydrogens (tertiary/aromatic N) is 5. The first kappa shape index (κ1) is 23.7. The molecule has 0 bridgehead atoms. The van der Waals surface area contributed by atoms with E-state index in [-0.39, 0.29) is 11.6 Å². The topological polar surface area (TPSA) is 102 Å². The molecule has 2 aromatic heterocycles. The molecule has 0 amide bonds. The lowest BCUT2D eigenvalue weighted by Gasteiger charge is -2.29. The molecule has 0 aliphatic carbocycles. The second-order valence-electron chi connectivity index (χ2n) is 9.66. The molecule has 5 rings (SSSR count). The summed E-state index contributed by atoms with van der Waals surface area (Å²) in [5, 5.41) is 3.45. The number of anilines is 3. The summed E-state index contributed by atoms with van der Waals surface area (Å²) >= 11 is 0. The number of hydrogen-bond acceptors (Lipinski definition) is 8. The van der Waals surface area contributed by atoms with Gasteiger partial charge in [-0.15, -0.1) is 0 Å². The van der Waals surface area contributed by atoms with E-state index < -0.39 is 0 Å². The van der Waals surface area contributed by atoms with Crippen molar-refractivity contribution < 1.29 is 4.74 Å². The van der Waals surface area contributed by atoms with Gasteiger partial charge in [0.05, 0.1) is 12.7 Å². The van der Waals surface area contributed by atoms with Gasteiger partial charge in [0.1, 0.15) is 12.4 Å². The maximum atomic E-state index is 6.29. The highest BCUT2D eigenvalue weighted by atomic mass is 16.5. The Morgan fingerprint density at radius 1 is 1.06 bits per heavy atom. The molecule has 0 fully saturated rings. The summed E-state index contributed by atoms with van der Waals surface area (Å²) in [6.45, 7) is 7.32. The molecule has 1 aliphatic heterocycles. The minimum Gasteiger partial charge on any atom is -0.486 e. The molecule has 2 aromatic carbocycles. The van der Waals surface area contributed by atoms with E-state index in [4.69, 9.17) is 20.4 Å². The van der Waals surface area contributed by atoms with Gasteiger partial charge in [0, 0.05) is 23.3 Å². The summed E-state index contributed by atoms with van der Waals surface area (Å²) in [5.74, 6) is 3.32. The van der Waals surface area contributed by atoms with E-state index in [2.05, 4.69) is 51.4 Å². The van der Waals surface area contributed by atoms with Crippen molar-refractivity contribution in [2.24, 2.45) is 5.73 Å². The van der Waals surface area contributed by atoms with Crippen LogP contribution in [0, 0.1) is 0 Å². The Morgan fingerprint density at radius 2 is 1.89 bits per heavy atom. The van der Waals surface area contributed by atoms with Gasteiger partial charge in [-0.3, -0.25) is 0 Å². The summed E-state index contributed by atoms with van der Waals surface area (Å²) in [7, 11) is 0. The Morgan fingerprint density at radius 3 is 2.69 bits per heavy atom. The molecule has 0 spiro atoms. The van der Waals surface area contributed by atoms with E-state index in [1.54, 1.807) is 12.4 Å². The lowest BCUT2D eigenvalue weighted by atomic mass is 9.93. The van der Waals surface area contributed by atoms with E-state index in [0.717, 1.165) is 23.4 Å². The summed E-state index contributed by atoms with van der Waals surface area (Å²) in [6, 6.07) is 20.4. The Kier molecular flexibility index (Phi) is 6.52. The molecule has 0 saturated carbocycles. The number of benzene rings is 2. The van der Waals surface area contributed by atoms with Crippen LogP contribution in [0.2, 0.25) is 0 Å². The molecule has 1 unspecified atom stereocenters. The third-order valence-corrected chi connectivity index (χ3v) is 6.10. The number of nitrogens with two attached hydrogens (primary N) is 1.